The number of aryl methyl sites for hydroxylation is 2. The molecular formula is C22H29N3O2. The molecule has 2 aliphatic heterocycles. The van der Waals surface area contributed by atoms with Gasteiger partial charge in [-0.3, -0.25) is 0 Å². The summed E-state index contributed by atoms with van der Waals surface area (Å²) in [5.41, 5.74) is 4.58. The number of hydrogen-bond donors (Lipinski definition) is 1. The Morgan fingerprint density at radius 2 is 1.89 bits per heavy atom. The molecule has 5 heteroatoms. The molecule has 4 atom stereocenters. The third-order valence-corrected chi connectivity index (χ3v) is 6.55. The highest BCUT2D eigenvalue weighted by atomic mass is 16.5. The van der Waals surface area contributed by atoms with Crippen LogP contribution in [-0.4, -0.2) is 46.4 Å². The molecule has 1 aromatic carbocycles. The van der Waals surface area contributed by atoms with Gasteiger partial charge in [0, 0.05) is 23.6 Å². The Morgan fingerprint density at radius 3 is 2.63 bits per heavy atom. The summed E-state index contributed by atoms with van der Waals surface area (Å²) in [6, 6.07) is 9.23. The predicted octanol–water partition coefficient (Wildman–Crippen LogP) is 3.68. The van der Waals surface area contributed by atoms with E-state index in [2.05, 4.69) is 28.2 Å². The number of fused-ring (bicyclic) bond motifs is 2. The molecule has 2 bridgehead atoms. The van der Waals surface area contributed by atoms with Gasteiger partial charge in [-0.15, -0.1) is 5.10 Å². The first-order valence-electron chi connectivity index (χ1n) is 9.89. The molecule has 2 aliphatic rings. The molecule has 0 radical (unpaired) electrons. The number of hydrogen-bond acceptors (Lipinski definition) is 5. The van der Waals surface area contributed by atoms with Gasteiger partial charge in [0.2, 0.25) is 0 Å². The summed E-state index contributed by atoms with van der Waals surface area (Å²) in [6.07, 6.45) is 4.10. The predicted molar refractivity (Wildman–Crippen MR) is 106 cm³/mol. The average molecular weight is 367 g/mol. The lowest BCUT2D eigenvalue weighted by Crippen LogP contribution is -2.44. The number of aliphatic hydroxyl groups excluding tert-OH is 1. The van der Waals surface area contributed by atoms with E-state index in [1.54, 1.807) is 7.11 Å². The van der Waals surface area contributed by atoms with Gasteiger partial charge in [-0.25, -0.2) is 0 Å². The van der Waals surface area contributed by atoms with Gasteiger partial charge in [-0.05, 0) is 75.9 Å². The van der Waals surface area contributed by atoms with Crippen molar-refractivity contribution in [2.24, 2.45) is 5.92 Å². The zero-order valence-electron chi connectivity index (χ0n) is 16.6. The molecule has 144 valence electrons. The Labute approximate surface area is 161 Å². The van der Waals surface area contributed by atoms with E-state index in [4.69, 9.17) is 4.74 Å². The van der Waals surface area contributed by atoms with E-state index < -0.39 is 6.10 Å². The fourth-order valence-electron chi connectivity index (χ4n) is 4.98. The second kappa shape index (κ2) is 7.21. The van der Waals surface area contributed by atoms with Gasteiger partial charge >= 0.3 is 0 Å². The number of benzene rings is 1. The normalized spacial score (nSPS) is 26.2. The number of nitrogens with zero attached hydrogens (tertiary/aromatic N) is 3. The van der Waals surface area contributed by atoms with Crippen LogP contribution in [0.3, 0.4) is 0 Å². The molecule has 2 fully saturated rings. The highest BCUT2D eigenvalue weighted by molar-refractivity contribution is 5.70. The molecule has 0 saturated carbocycles. The van der Waals surface area contributed by atoms with Crippen LogP contribution in [0.15, 0.2) is 24.3 Å². The van der Waals surface area contributed by atoms with E-state index in [1.165, 1.54) is 19.3 Å². The van der Waals surface area contributed by atoms with E-state index >= 15 is 0 Å². The molecule has 4 unspecified atom stereocenters. The number of aromatic nitrogens is 2. The maximum atomic E-state index is 11.1. The van der Waals surface area contributed by atoms with Crippen LogP contribution in [-0.2, 0) is 0 Å². The molecule has 3 heterocycles. The summed E-state index contributed by atoms with van der Waals surface area (Å²) in [4.78, 5) is 2.46. The Hall–Kier alpha value is -1.98. The van der Waals surface area contributed by atoms with Crippen molar-refractivity contribution in [1.82, 2.24) is 15.1 Å². The van der Waals surface area contributed by atoms with E-state index in [1.807, 2.05) is 32.0 Å². The molecule has 2 saturated heterocycles. The Balaban J connectivity index is 1.62. The van der Waals surface area contributed by atoms with E-state index in [0.717, 1.165) is 34.6 Å². The highest BCUT2D eigenvalue weighted by Gasteiger charge is 2.43. The zero-order chi connectivity index (χ0) is 19.1. The number of ether oxygens (including phenoxy) is 1. The number of aliphatic hydroxyl groups is 1. The summed E-state index contributed by atoms with van der Waals surface area (Å²) < 4.78 is 5.53. The third-order valence-electron chi connectivity index (χ3n) is 6.55. The fraction of sp³-hybridized carbons (Fsp3) is 0.545. The van der Waals surface area contributed by atoms with Crippen LogP contribution in [0.4, 0.5) is 0 Å². The first-order chi connectivity index (χ1) is 13.0. The summed E-state index contributed by atoms with van der Waals surface area (Å²) >= 11 is 0. The van der Waals surface area contributed by atoms with Crippen molar-refractivity contribution >= 4 is 0 Å². The van der Waals surface area contributed by atoms with Crippen molar-refractivity contribution in [1.29, 1.82) is 0 Å². The first-order valence-corrected chi connectivity index (χ1v) is 9.89. The average Bonchev–Trinajstić information content (AvgIpc) is 2.89. The minimum Gasteiger partial charge on any atom is -0.496 e. The number of methoxy groups -OCH3 is 1. The van der Waals surface area contributed by atoms with E-state index in [0.29, 0.717) is 17.8 Å². The lowest BCUT2D eigenvalue weighted by Gasteiger charge is -2.39. The monoisotopic (exact) mass is 367 g/mol. The molecule has 0 spiro atoms. The van der Waals surface area contributed by atoms with Gasteiger partial charge in [0.25, 0.3) is 0 Å². The van der Waals surface area contributed by atoms with Crippen LogP contribution >= 0.6 is 0 Å². The Bertz CT molecular complexity index is 838. The first kappa shape index (κ1) is 18.4. The van der Waals surface area contributed by atoms with Gasteiger partial charge in [0.1, 0.15) is 11.9 Å². The van der Waals surface area contributed by atoms with Crippen molar-refractivity contribution < 1.29 is 9.84 Å². The van der Waals surface area contributed by atoms with Crippen LogP contribution in [0, 0.1) is 19.8 Å². The third kappa shape index (κ3) is 3.23. The maximum Gasteiger partial charge on any atom is 0.128 e. The van der Waals surface area contributed by atoms with Gasteiger partial charge in [0.05, 0.1) is 18.5 Å². The van der Waals surface area contributed by atoms with Crippen molar-refractivity contribution in [3.63, 3.8) is 0 Å². The summed E-state index contributed by atoms with van der Waals surface area (Å²) in [6.45, 7) is 4.07. The molecular weight excluding hydrogens is 338 g/mol. The highest BCUT2D eigenvalue weighted by Crippen LogP contribution is 2.43. The molecule has 27 heavy (non-hydrogen) atoms. The Morgan fingerprint density at radius 1 is 1.11 bits per heavy atom. The maximum absolute atomic E-state index is 11.1. The van der Waals surface area contributed by atoms with Gasteiger partial charge in [-0.2, -0.15) is 5.10 Å². The topological polar surface area (TPSA) is 58.5 Å². The molecule has 0 aliphatic carbocycles. The van der Waals surface area contributed by atoms with E-state index in [9.17, 15) is 5.11 Å². The summed E-state index contributed by atoms with van der Waals surface area (Å²) in [5, 5.41) is 20.0. The zero-order valence-corrected chi connectivity index (χ0v) is 16.6. The SMILES string of the molecule is COc1cc(C)ccc1-c1nnc(C(O)C2CCC3CCC2N3C)cc1C. The van der Waals surface area contributed by atoms with Gasteiger partial charge in [0.15, 0.2) is 0 Å². The van der Waals surface area contributed by atoms with Crippen LogP contribution in [0.5, 0.6) is 5.75 Å². The van der Waals surface area contributed by atoms with Gasteiger partial charge in [-0.1, -0.05) is 6.07 Å². The molecule has 0 amide bonds. The standard InChI is InChI=1S/C22H29N3O2/c1-13-5-8-17(20(11-13)27-4)21-14(2)12-18(23-24-21)22(26)16-9-6-15-7-10-19(16)25(15)3/h5,8,11-12,15-16,19,22,26H,6-7,9-10H2,1-4H3. The summed E-state index contributed by atoms with van der Waals surface area (Å²) in [7, 11) is 3.87. The van der Waals surface area contributed by atoms with Crippen molar-refractivity contribution in [2.45, 2.75) is 57.7 Å². The van der Waals surface area contributed by atoms with Crippen LogP contribution in [0.1, 0.15) is 48.6 Å². The number of piperidine rings is 1. The second-order valence-corrected chi connectivity index (χ2v) is 8.15. The van der Waals surface area contributed by atoms with Gasteiger partial charge < -0.3 is 14.7 Å². The lowest BCUT2D eigenvalue weighted by atomic mass is 9.84. The minimum atomic E-state index is -0.559. The largest absolute Gasteiger partial charge is 0.496 e. The molecule has 1 aromatic heterocycles. The quantitative estimate of drug-likeness (QED) is 0.893. The van der Waals surface area contributed by atoms with Crippen LogP contribution in [0.2, 0.25) is 0 Å². The summed E-state index contributed by atoms with van der Waals surface area (Å²) in [5.74, 6) is 1.04. The van der Waals surface area contributed by atoms with Crippen molar-refractivity contribution in [3.05, 3.63) is 41.1 Å². The smallest absolute Gasteiger partial charge is 0.128 e. The minimum absolute atomic E-state index is 0.238. The Kier molecular flexibility index (Phi) is 4.91. The second-order valence-electron chi connectivity index (χ2n) is 8.15. The molecule has 2 aromatic rings. The lowest BCUT2D eigenvalue weighted by molar-refractivity contribution is 0.0156. The van der Waals surface area contributed by atoms with Crippen LogP contribution < -0.4 is 4.74 Å². The van der Waals surface area contributed by atoms with E-state index in [-0.39, 0.29) is 5.92 Å². The van der Waals surface area contributed by atoms with Crippen molar-refractivity contribution in [3.8, 4) is 17.0 Å². The van der Waals surface area contributed by atoms with Crippen molar-refractivity contribution in [2.75, 3.05) is 14.2 Å². The fourth-order valence-corrected chi connectivity index (χ4v) is 4.98. The molecule has 5 nitrogen and oxygen atoms in total. The number of rotatable bonds is 4. The molecule has 4 rings (SSSR count). The molecule has 1 N–H and O–H groups in total. The van der Waals surface area contributed by atoms with Crippen LogP contribution in [0.25, 0.3) is 11.3 Å².